The summed E-state index contributed by atoms with van der Waals surface area (Å²) in [5, 5.41) is 9.09. The lowest BCUT2D eigenvalue weighted by atomic mass is 9.90. The Balaban J connectivity index is 1.24. The largest absolute Gasteiger partial charge is 0.455 e. The first-order valence-corrected chi connectivity index (χ1v) is 15.9. The zero-order chi connectivity index (χ0) is 30.9. The van der Waals surface area contributed by atoms with E-state index in [0.29, 0.717) is 0 Å². The van der Waals surface area contributed by atoms with Crippen LogP contribution in [0.4, 0.5) is 0 Å². The second-order valence-electron chi connectivity index (χ2n) is 12.1. The van der Waals surface area contributed by atoms with Crippen molar-refractivity contribution in [1.29, 1.82) is 0 Å². The number of rotatable bonds is 3. The van der Waals surface area contributed by atoms with Crippen molar-refractivity contribution in [2.24, 2.45) is 0 Å². The van der Waals surface area contributed by atoms with Crippen molar-refractivity contribution in [3.05, 3.63) is 158 Å². The first kappa shape index (κ1) is 26.0. The standard InChI is InChI=1S/C44H26N2O/c1-2-14-32(31(13-1)33-15-3-9-27-21-23-29-11-7-25-45-41(29)39(27)33)35-17-5-19-37-38-20-6-18-36(44(38)47-43(35)37)34-16-4-10-28-22-24-30-12-8-26-46-42(30)40(28)34/h1-26H. The number of aromatic nitrogens is 2. The molecule has 3 aromatic heterocycles. The normalized spacial score (nSPS) is 11.8. The summed E-state index contributed by atoms with van der Waals surface area (Å²) in [7, 11) is 0. The molecule has 0 bridgehead atoms. The molecule has 0 aliphatic heterocycles. The monoisotopic (exact) mass is 598 g/mol. The average Bonchev–Trinajstić information content (AvgIpc) is 3.53. The van der Waals surface area contributed by atoms with Crippen LogP contribution >= 0.6 is 0 Å². The van der Waals surface area contributed by atoms with Crippen LogP contribution in [0, 0.1) is 0 Å². The van der Waals surface area contributed by atoms with Gasteiger partial charge in [-0.05, 0) is 45.2 Å². The highest BCUT2D eigenvalue weighted by Gasteiger charge is 2.20. The number of benzene rings is 7. The van der Waals surface area contributed by atoms with E-state index in [9.17, 15) is 0 Å². The minimum Gasteiger partial charge on any atom is -0.455 e. The molecule has 3 heteroatoms. The van der Waals surface area contributed by atoms with E-state index < -0.39 is 0 Å². The zero-order valence-corrected chi connectivity index (χ0v) is 25.3. The molecule has 0 aliphatic rings. The molecule has 3 nitrogen and oxygen atoms in total. The molecule has 0 amide bonds. The highest BCUT2D eigenvalue weighted by atomic mass is 16.3. The van der Waals surface area contributed by atoms with Gasteiger partial charge < -0.3 is 4.42 Å². The second-order valence-corrected chi connectivity index (χ2v) is 12.1. The Hall–Kier alpha value is -6.32. The molecule has 3 heterocycles. The lowest BCUT2D eigenvalue weighted by Crippen LogP contribution is -1.89. The predicted molar refractivity (Wildman–Crippen MR) is 196 cm³/mol. The number of pyridine rings is 2. The zero-order valence-electron chi connectivity index (χ0n) is 25.3. The van der Waals surface area contributed by atoms with Gasteiger partial charge in [0, 0.05) is 55.8 Å². The molecular formula is C44H26N2O. The fourth-order valence-electron chi connectivity index (χ4n) is 7.47. The van der Waals surface area contributed by atoms with Crippen molar-refractivity contribution in [1.82, 2.24) is 9.97 Å². The molecule has 218 valence electrons. The van der Waals surface area contributed by atoms with Gasteiger partial charge in [0.1, 0.15) is 11.2 Å². The molecule has 0 atom stereocenters. The topological polar surface area (TPSA) is 38.9 Å². The summed E-state index contributed by atoms with van der Waals surface area (Å²) in [5.41, 5.74) is 10.5. The molecule has 10 rings (SSSR count). The maximum atomic E-state index is 7.00. The van der Waals surface area contributed by atoms with E-state index in [0.717, 1.165) is 93.3 Å². The van der Waals surface area contributed by atoms with Crippen molar-refractivity contribution in [2.75, 3.05) is 0 Å². The van der Waals surface area contributed by atoms with Crippen LogP contribution in [0.2, 0.25) is 0 Å². The molecule has 0 spiro atoms. The van der Waals surface area contributed by atoms with Crippen LogP contribution in [0.3, 0.4) is 0 Å². The van der Waals surface area contributed by atoms with Crippen LogP contribution in [0.1, 0.15) is 0 Å². The fourth-order valence-corrected chi connectivity index (χ4v) is 7.47. The van der Waals surface area contributed by atoms with Crippen molar-refractivity contribution >= 4 is 65.3 Å². The van der Waals surface area contributed by atoms with Gasteiger partial charge in [-0.3, -0.25) is 9.97 Å². The second kappa shape index (κ2) is 10.1. The maximum Gasteiger partial charge on any atom is 0.143 e. The first-order valence-electron chi connectivity index (χ1n) is 15.9. The molecule has 0 fully saturated rings. The molecule has 0 aliphatic carbocycles. The van der Waals surface area contributed by atoms with Gasteiger partial charge >= 0.3 is 0 Å². The summed E-state index contributed by atoms with van der Waals surface area (Å²) >= 11 is 0. The number of hydrogen-bond donors (Lipinski definition) is 0. The van der Waals surface area contributed by atoms with Crippen molar-refractivity contribution in [2.45, 2.75) is 0 Å². The van der Waals surface area contributed by atoms with Crippen molar-refractivity contribution in [3.8, 4) is 33.4 Å². The average molecular weight is 599 g/mol. The Labute approximate surface area is 270 Å². The summed E-state index contributed by atoms with van der Waals surface area (Å²) in [6.45, 7) is 0. The summed E-state index contributed by atoms with van der Waals surface area (Å²) < 4.78 is 7.00. The molecule has 10 aromatic rings. The lowest BCUT2D eigenvalue weighted by Gasteiger charge is -2.14. The van der Waals surface area contributed by atoms with Crippen LogP contribution < -0.4 is 0 Å². The summed E-state index contributed by atoms with van der Waals surface area (Å²) in [5.74, 6) is 0. The van der Waals surface area contributed by atoms with Gasteiger partial charge in [-0.25, -0.2) is 0 Å². The molecule has 0 radical (unpaired) electrons. The van der Waals surface area contributed by atoms with Crippen LogP contribution in [-0.2, 0) is 0 Å². The SMILES string of the molecule is c1ccc(-c2cccc3ccc4cccnc4c23)c(-c2cccc3c2oc2c(-c4cccc5ccc6cccnc6c45)cccc23)c1. The Morgan fingerprint density at radius 1 is 0.319 bits per heavy atom. The van der Waals surface area contributed by atoms with Crippen molar-refractivity contribution < 1.29 is 4.42 Å². The van der Waals surface area contributed by atoms with E-state index >= 15 is 0 Å². The number of fused-ring (bicyclic) bond motifs is 9. The van der Waals surface area contributed by atoms with Crippen molar-refractivity contribution in [3.63, 3.8) is 0 Å². The molecule has 7 aromatic carbocycles. The number of para-hydroxylation sites is 2. The third kappa shape index (κ3) is 3.87. The number of furan rings is 1. The van der Waals surface area contributed by atoms with Crippen LogP contribution in [0.25, 0.3) is 98.7 Å². The van der Waals surface area contributed by atoms with E-state index in [1.165, 1.54) is 5.39 Å². The molecule has 0 saturated heterocycles. The van der Waals surface area contributed by atoms with E-state index in [-0.39, 0.29) is 0 Å². The third-order valence-corrected chi connectivity index (χ3v) is 9.55. The summed E-state index contributed by atoms with van der Waals surface area (Å²) in [4.78, 5) is 9.65. The molecule has 0 unspecified atom stereocenters. The van der Waals surface area contributed by atoms with E-state index in [1.807, 2.05) is 24.5 Å². The van der Waals surface area contributed by atoms with Crippen LogP contribution in [0.15, 0.2) is 162 Å². The highest BCUT2D eigenvalue weighted by Crippen LogP contribution is 2.45. The number of nitrogens with zero attached hydrogens (tertiary/aromatic N) is 2. The third-order valence-electron chi connectivity index (χ3n) is 9.55. The summed E-state index contributed by atoms with van der Waals surface area (Å²) in [6.07, 6.45) is 3.75. The molecule has 0 saturated carbocycles. The van der Waals surface area contributed by atoms with Gasteiger partial charge in [0.15, 0.2) is 0 Å². The van der Waals surface area contributed by atoms with Gasteiger partial charge in [-0.15, -0.1) is 0 Å². The van der Waals surface area contributed by atoms with Gasteiger partial charge in [0.25, 0.3) is 0 Å². The fraction of sp³-hybridized carbons (Fsp3) is 0. The number of hydrogen-bond acceptors (Lipinski definition) is 3. The lowest BCUT2D eigenvalue weighted by molar-refractivity contribution is 0.671. The van der Waals surface area contributed by atoms with E-state index in [1.54, 1.807) is 0 Å². The molecule has 0 N–H and O–H groups in total. The Bertz CT molecular complexity index is 2860. The minimum absolute atomic E-state index is 0.883. The first-order chi connectivity index (χ1) is 23.3. The highest BCUT2D eigenvalue weighted by molar-refractivity contribution is 6.19. The van der Waals surface area contributed by atoms with Gasteiger partial charge in [-0.2, -0.15) is 0 Å². The predicted octanol–water partition coefficient (Wildman–Crippen LogP) is 12.0. The van der Waals surface area contributed by atoms with E-state index in [2.05, 4.69) is 133 Å². The van der Waals surface area contributed by atoms with Crippen LogP contribution in [-0.4, -0.2) is 9.97 Å². The maximum absolute atomic E-state index is 7.00. The minimum atomic E-state index is 0.883. The summed E-state index contributed by atoms with van der Waals surface area (Å²) in [6, 6.07) is 51.5. The smallest absolute Gasteiger partial charge is 0.143 e. The van der Waals surface area contributed by atoms with Crippen LogP contribution in [0.5, 0.6) is 0 Å². The Morgan fingerprint density at radius 3 is 1.30 bits per heavy atom. The van der Waals surface area contributed by atoms with Gasteiger partial charge in [-0.1, -0.05) is 133 Å². The quantitative estimate of drug-likeness (QED) is 0.190. The molecule has 47 heavy (non-hydrogen) atoms. The Kier molecular flexibility index (Phi) is 5.57. The van der Waals surface area contributed by atoms with E-state index in [4.69, 9.17) is 14.4 Å². The van der Waals surface area contributed by atoms with Gasteiger partial charge in [0.05, 0.1) is 11.0 Å². The van der Waals surface area contributed by atoms with Gasteiger partial charge in [0.2, 0.25) is 0 Å². The Morgan fingerprint density at radius 2 is 0.723 bits per heavy atom. The molecular weight excluding hydrogens is 572 g/mol.